The third-order valence-corrected chi connectivity index (χ3v) is 6.26. The van der Waals surface area contributed by atoms with Crippen molar-refractivity contribution in [3.63, 3.8) is 0 Å². The van der Waals surface area contributed by atoms with Crippen LogP contribution < -0.4 is 4.90 Å². The zero-order valence-electron chi connectivity index (χ0n) is 18.1. The molecule has 0 saturated heterocycles. The Kier molecular flexibility index (Phi) is 5.06. The molecule has 1 amide bonds. The number of aryl methyl sites for hydroxylation is 2. The number of hydrogen-bond donors (Lipinski definition) is 0. The van der Waals surface area contributed by atoms with Crippen LogP contribution in [0.5, 0.6) is 0 Å². The number of anilines is 1. The molecule has 0 N–H and O–H groups in total. The number of nitrogens with zero attached hydrogens (tertiary/aromatic N) is 3. The van der Waals surface area contributed by atoms with Gasteiger partial charge >= 0.3 is 0 Å². The zero-order valence-corrected chi connectivity index (χ0v) is 18.1. The highest BCUT2D eigenvalue weighted by Crippen LogP contribution is 2.30. The molecule has 5 rings (SSSR count). The second-order valence-electron chi connectivity index (χ2n) is 8.54. The summed E-state index contributed by atoms with van der Waals surface area (Å²) < 4.78 is 0. The molecule has 0 bridgehead atoms. The van der Waals surface area contributed by atoms with Gasteiger partial charge < -0.3 is 4.90 Å². The van der Waals surface area contributed by atoms with Crippen molar-refractivity contribution >= 4 is 17.6 Å². The van der Waals surface area contributed by atoms with E-state index in [-0.39, 0.29) is 5.91 Å². The third kappa shape index (κ3) is 3.74. The van der Waals surface area contributed by atoms with E-state index >= 15 is 0 Å². The summed E-state index contributed by atoms with van der Waals surface area (Å²) in [5.74, 6) is 0.844. The lowest BCUT2D eigenvalue weighted by atomic mass is 10.0. The maximum atomic E-state index is 13.6. The van der Waals surface area contributed by atoms with Crippen LogP contribution in [0, 0.1) is 13.8 Å². The molecule has 156 valence electrons. The minimum atomic E-state index is -0.393. The second-order valence-corrected chi connectivity index (χ2v) is 8.54. The predicted octanol–water partition coefficient (Wildman–Crippen LogP) is 4.68. The number of amides is 1. The zero-order chi connectivity index (χ0) is 21.4. The number of carbonyl (C=O) groups excluding carboxylic acids is 1. The summed E-state index contributed by atoms with van der Waals surface area (Å²) >= 11 is 0. The molecule has 4 heteroatoms. The summed E-state index contributed by atoms with van der Waals surface area (Å²) in [5.41, 5.74) is 7.07. The van der Waals surface area contributed by atoms with E-state index < -0.39 is 6.04 Å². The number of fused-ring (bicyclic) bond motifs is 1. The van der Waals surface area contributed by atoms with E-state index in [9.17, 15) is 4.79 Å². The maximum Gasteiger partial charge on any atom is 0.259 e. The molecule has 0 aliphatic carbocycles. The molecule has 1 unspecified atom stereocenters. The molecule has 2 aliphatic rings. The lowest BCUT2D eigenvalue weighted by molar-refractivity contribution is -0.118. The fourth-order valence-electron chi connectivity index (χ4n) is 4.64. The summed E-state index contributed by atoms with van der Waals surface area (Å²) in [6, 6.07) is 24.6. The molecule has 1 atom stereocenters. The van der Waals surface area contributed by atoms with Gasteiger partial charge in [-0.15, -0.1) is 0 Å². The molecule has 31 heavy (non-hydrogen) atoms. The highest BCUT2D eigenvalue weighted by atomic mass is 16.2. The van der Waals surface area contributed by atoms with Crippen LogP contribution in [-0.4, -0.2) is 29.4 Å². The van der Waals surface area contributed by atoms with Crippen molar-refractivity contribution in [3.8, 4) is 0 Å². The van der Waals surface area contributed by atoms with Gasteiger partial charge in [0.25, 0.3) is 5.91 Å². The lowest BCUT2D eigenvalue weighted by Gasteiger charge is -2.34. The van der Waals surface area contributed by atoms with Gasteiger partial charge in [-0.3, -0.25) is 4.79 Å². The number of rotatable bonds is 3. The SMILES string of the molecule is Cc1ccc(N2C(=O)C(Cc3ccccc3)N=C2N2CCc3ccccc3C2)c(C)c1. The van der Waals surface area contributed by atoms with Gasteiger partial charge in [0.05, 0.1) is 5.69 Å². The first-order valence-corrected chi connectivity index (χ1v) is 10.9. The summed E-state index contributed by atoms with van der Waals surface area (Å²) in [4.78, 5) is 22.8. The highest BCUT2D eigenvalue weighted by molar-refractivity contribution is 6.22. The fourth-order valence-corrected chi connectivity index (χ4v) is 4.64. The average Bonchev–Trinajstić information content (AvgIpc) is 3.10. The quantitative estimate of drug-likeness (QED) is 0.630. The summed E-state index contributed by atoms with van der Waals surface area (Å²) in [7, 11) is 0. The van der Waals surface area contributed by atoms with Gasteiger partial charge in [-0.1, -0.05) is 72.3 Å². The number of guanidine groups is 1. The predicted molar refractivity (Wildman–Crippen MR) is 125 cm³/mol. The third-order valence-electron chi connectivity index (χ3n) is 6.26. The Hall–Kier alpha value is -3.40. The Morgan fingerprint density at radius 3 is 2.45 bits per heavy atom. The molecule has 2 aliphatic heterocycles. The summed E-state index contributed by atoms with van der Waals surface area (Å²) in [5, 5.41) is 0. The van der Waals surface area contributed by atoms with Gasteiger partial charge in [0.15, 0.2) is 0 Å². The van der Waals surface area contributed by atoms with E-state index in [1.165, 1.54) is 16.7 Å². The van der Waals surface area contributed by atoms with Crippen molar-refractivity contribution in [2.75, 3.05) is 11.4 Å². The average molecular weight is 410 g/mol. The van der Waals surface area contributed by atoms with E-state index in [1.807, 2.05) is 23.1 Å². The van der Waals surface area contributed by atoms with E-state index in [0.717, 1.165) is 42.3 Å². The minimum absolute atomic E-state index is 0.0599. The van der Waals surface area contributed by atoms with Crippen molar-refractivity contribution in [2.45, 2.75) is 39.3 Å². The van der Waals surface area contributed by atoms with Crippen LogP contribution in [0.25, 0.3) is 0 Å². The van der Waals surface area contributed by atoms with Crippen molar-refractivity contribution in [1.82, 2.24) is 4.90 Å². The number of carbonyl (C=O) groups is 1. The molecule has 0 aromatic heterocycles. The Labute approximate surface area is 183 Å². The van der Waals surface area contributed by atoms with Crippen LogP contribution in [-0.2, 0) is 24.2 Å². The first-order chi connectivity index (χ1) is 15.1. The van der Waals surface area contributed by atoms with Crippen molar-refractivity contribution in [2.24, 2.45) is 4.99 Å². The van der Waals surface area contributed by atoms with Crippen molar-refractivity contribution in [1.29, 1.82) is 0 Å². The Morgan fingerprint density at radius 2 is 1.68 bits per heavy atom. The second kappa shape index (κ2) is 8.03. The van der Waals surface area contributed by atoms with Crippen LogP contribution in [0.2, 0.25) is 0 Å². The van der Waals surface area contributed by atoms with E-state index in [2.05, 4.69) is 73.3 Å². The fraction of sp³-hybridized carbons (Fsp3) is 0.259. The maximum absolute atomic E-state index is 13.6. The monoisotopic (exact) mass is 409 g/mol. The largest absolute Gasteiger partial charge is 0.337 e. The molecular weight excluding hydrogens is 382 g/mol. The first-order valence-electron chi connectivity index (χ1n) is 10.9. The number of benzene rings is 3. The Bertz CT molecular complexity index is 1150. The van der Waals surface area contributed by atoms with Crippen LogP contribution in [0.15, 0.2) is 77.8 Å². The standard InChI is InChI=1S/C27H27N3O/c1-19-12-13-25(20(2)16-19)30-26(31)24(17-21-8-4-3-5-9-21)28-27(30)29-15-14-22-10-6-7-11-23(22)18-29/h3-13,16,24H,14-15,17-18H2,1-2H3. The van der Waals surface area contributed by atoms with Crippen LogP contribution in [0.3, 0.4) is 0 Å². The molecule has 3 aromatic carbocycles. The number of hydrogen-bond acceptors (Lipinski definition) is 3. The summed E-state index contributed by atoms with van der Waals surface area (Å²) in [6.07, 6.45) is 1.59. The molecule has 4 nitrogen and oxygen atoms in total. The first kappa shape index (κ1) is 19.6. The molecule has 2 heterocycles. The molecule has 0 spiro atoms. The number of aliphatic imine (C=N–C) groups is 1. The van der Waals surface area contributed by atoms with Gasteiger partial charge in [-0.2, -0.15) is 0 Å². The van der Waals surface area contributed by atoms with Crippen molar-refractivity contribution in [3.05, 3.63) is 101 Å². The molecule has 3 aromatic rings. The molecular formula is C27H27N3O. The van der Waals surface area contributed by atoms with Crippen molar-refractivity contribution < 1.29 is 4.79 Å². The van der Waals surface area contributed by atoms with Gasteiger partial charge in [0.1, 0.15) is 6.04 Å². The molecule has 0 fully saturated rings. The van der Waals surface area contributed by atoms with Gasteiger partial charge in [-0.25, -0.2) is 9.89 Å². The normalized spacial score (nSPS) is 18.2. The lowest BCUT2D eigenvalue weighted by Crippen LogP contribution is -2.47. The van der Waals surface area contributed by atoms with E-state index in [4.69, 9.17) is 4.99 Å². The molecule has 0 saturated carbocycles. The minimum Gasteiger partial charge on any atom is -0.337 e. The van der Waals surface area contributed by atoms with E-state index in [0.29, 0.717) is 6.42 Å². The topological polar surface area (TPSA) is 35.9 Å². The Morgan fingerprint density at radius 1 is 0.935 bits per heavy atom. The Balaban J connectivity index is 1.52. The smallest absolute Gasteiger partial charge is 0.259 e. The van der Waals surface area contributed by atoms with Crippen LogP contribution in [0.1, 0.15) is 27.8 Å². The van der Waals surface area contributed by atoms with Crippen LogP contribution >= 0.6 is 0 Å². The highest BCUT2D eigenvalue weighted by Gasteiger charge is 2.39. The van der Waals surface area contributed by atoms with Gasteiger partial charge in [-0.05, 0) is 48.6 Å². The molecule has 0 radical (unpaired) electrons. The van der Waals surface area contributed by atoms with Gasteiger partial charge in [0, 0.05) is 19.5 Å². The van der Waals surface area contributed by atoms with E-state index in [1.54, 1.807) is 0 Å². The summed E-state index contributed by atoms with van der Waals surface area (Å²) in [6.45, 7) is 5.80. The van der Waals surface area contributed by atoms with Gasteiger partial charge in [0.2, 0.25) is 5.96 Å². The van der Waals surface area contributed by atoms with Crippen LogP contribution in [0.4, 0.5) is 5.69 Å².